The molecular weight excluding hydrogens is 319 g/mol. The molecular formula is C24H53P. The van der Waals surface area contributed by atoms with Crippen LogP contribution in [0.15, 0.2) is 0 Å². The second kappa shape index (κ2) is 19.2. The fraction of sp³-hybridized carbons (Fsp3) is 1.00. The van der Waals surface area contributed by atoms with Gasteiger partial charge in [0.2, 0.25) is 0 Å². The van der Waals surface area contributed by atoms with Gasteiger partial charge in [-0.3, -0.25) is 0 Å². The van der Waals surface area contributed by atoms with Crippen LogP contribution in [0.4, 0.5) is 0 Å². The zero-order valence-electron chi connectivity index (χ0n) is 18.6. The summed E-state index contributed by atoms with van der Waals surface area (Å²) in [7, 11) is -0.974. The van der Waals surface area contributed by atoms with E-state index in [0.717, 1.165) is 0 Å². The third-order valence-electron chi connectivity index (χ3n) is 6.21. The zero-order valence-corrected chi connectivity index (χ0v) is 19.6. The molecule has 0 radical (unpaired) electrons. The Kier molecular flexibility index (Phi) is 19.5. The number of rotatable bonds is 20. The fourth-order valence-electron chi connectivity index (χ4n) is 4.59. The summed E-state index contributed by atoms with van der Waals surface area (Å²) in [6.45, 7) is 9.46. The minimum atomic E-state index is -0.974. The minimum absolute atomic E-state index is 0.974. The summed E-state index contributed by atoms with van der Waals surface area (Å²) in [6.07, 6.45) is 30.2. The average Bonchev–Trinajstić information content (AvgIpc) is 2.62. The monoisotopic (exact) mass is 372 g/mol. The van der Waals surface area contributed by atoms with Crippen LogP contribution in [0, 0.1) is 0 Å². The number of hydrogen-bond acceptors (Lipinski definition) is 0. The van der Waals surface area contributed by atoms with Gasteiger partial charge in [0.05, 0.1) is 0 Å². The van der Waals surface area contributed by atoms with E-state index in [2.05, 4.69) is 27.7 Å². The Morgan fingerprint density at radius 2 is 0.640 bits per heavy atom. The molecule has 0 aliphatic carbocycles. The van der Waals surface area contributed by atoms with Crippen LogP contribution < -0.4 is 0 Å². The molecule has 0 fully saturated rings. The topological polar surface area (TPSA) is 0 Å². The summed E-state index contributed by atoms with van der Waals surface area (Å²) in [5.41, 5.74) is 0. The molecule has 0 aromatic heterocycles. The maximum absolute atomic E-state index is 2.45. The van der Waals surface area contributed by atoms with E-state index >= 15 is 0 Å². The Morgan fingerprint density at radius 3 is 1.00 bits per heavy atom. The van der Waals surface area contributed by atoms with Crippen molar-refractivity contribution in [3.05, 3.63) is 0 Å². The molecule has 0 rings (SSSR count). The van der Waals surface area contributed by atoms with Crippen LogP contribution in [-0.2, 0) is 0 Å². The molecule has 154 valence electrons. The first-order valence-corrected chi connectivity index (χ1v) is 15.1. The van der Waals surface area contributed by atoms with Crippen LogP contribution in [0.1, 0.15) is 130 Å². The van der Waals surface area contributed by atoms with Crippen LogP contribution in [0.2, 0.25) is 0 Å². The second-order valence-electron chi connectivity index (χ2n) is 8.74. The second-order valence-corrected chi connectivity index (χ2v) is 13.7. The van der Waals surface area contributed by atoms with Gasteiger partial charge in [-0.25, -0.2) is 0 Å². The summed E-state index contributed by atoms with van der Waals surface area (Å²) in [6, 6.07) is 0. The van der Waals surface area contributed by atoms with E-state index < -0.39 is 7.26 Å². The van der Waals surface area contributed by atoms with Gasteiger partial charge in [-0.05, 0) is 0 Å². The first-order chi connectivity index (χ1) is 12.2. The average molecular weight is 373 g/mol. The van der Waals surface area contributed by atoms with E-state index in [1.54, 1.807) is 43.9 Å². The molecule has 0 unspecified atom stereocenters. The van der Waals surface area contributed by atoms with Gasteiger partial charge in [0.15, 0.2) is 0 Å². The van der Waals surface area contributed by atoms with E-state index in [0.29, 0.717) is 0 Å². The van der Waals surface area contributed by atoms with Gasteiger partial charge in [-0.2, -0.15) is 0 Å². The van der Waals surface area contributed by atoms with Gasteiger partial charge >= 0.3 is 162 Å². The molecule has 0 aromatic rings. The SMILES string of the molecule is CCCCCCCC[PH](CCC)(CCCCCC)CCCCCCC. The zero-order chi connectivity index (χ0) is 18.6. The van der Waals surface area contributed by atoms with Crippen molar-refractivity contribution in [1.29, 1.82) is 0 Å². The number of unbranched alkanes of at least 4 members (excludes halogenated alkanes) is 12. The van der Waals surface area contributed by atoms with Crippen molar-refractivity contribution in [2.75, 3.05) is 24.6 Å². The molecule has 1 heteroatoms. The maximum atomic E-state index is 2.45. The van der Waals surface area contributed by atoms with Gasteiger partial charge in [-0.15, -0.1) is 0 Å². The van der Waals surface area contributed by atoms with Gasteiger partial charge < -0.3 is 0 Å². The Hall–Kier alpha value is 0.430. The van der Waals surface area contributed by atoms with Crippen molar-refractivity contribution >= 4 is 7.26 Å². The van der Waals surface area contributed by atoms with Crippen molar-refractivity contribution < 1.29 is 0 Å². The molecule has 0 aliphatic rings. The quantitative estimate of drug-likeness (QED) is 0.148. The van der Waals surface area contributed by atoms with Crippen LogP contribution in [0.3, 0.4) is 0 Å². The Bertz CT molecular complexity index is 250. The van der Waals surface area contributed by atoms with E-state index in [1.807, 2.05) is 0 Å². The predicted molar refractivity (Wildman–Crippen MR) is 124 cm³/mol. The van der Waals surface area contributed by atoms with E-state index in [9.17, 15) is 0 Å². The van der Waals surface area contributed by atoms with Gasteiger partial charge in [-0.1, -0.05) is 0 Å². The van der Waals surface area contributed by atoms with E-state index in [1.165, 1.54) is 83.5 Å². The van der Waals surface area contributed by atoms with Gasteiger partial charge in [0, 0.05) is 0 Å². The molecule has 0 nitrogen and oxygen atoms in total. The van der Waals surface area contributed by atoms with E-state index in [4.69, 9.17) is 0 Å². The molecule has 0 saturated heterocycles. The molecule has 0 atom stereocenters. The summed E-state index contributed by atoms with van der Waals surface area (Å²) in [5, 5.41) is 0. The van der Waals surface area contributed by atoms with Crippen LogP contribution in [0.25, 0.3) is 0 Å². The van der Waals surface area contributed by atoms with Crippen LogP contribution in [-0.4, -0.2) is 24.6 Å². The van der Waals surface area contributed by atoms with Crippen molar-refractivity contribution in [1.82, 2.24) is 0 Å². The summed E-state index contributed by atoms with van der Waals surface area (Å²) in [5.74, 6) is 0. The first kappa shape index (κ1) is 25.4. The Labute approximate surface area is 162 Å². The Balaban J connectivity index is 4.37. The van der Waals surface area contributed by atoms with Crippen LogP contribution >= 0.6 is 7.26 Å². The summed E-state index contributed by atoms with van der Waals surface area (Å²) in [4.78, 5) is 0. The first-order valence-electron chi connectivity index (χ1n) is 12.2. The van der Waals surface area contributed by atoms with Gasteiger partial charge in [0.25, 0.3) is 0 Å². The molecule has 0 spiro atoms. The molecule has 0 aromatic carbocycles. The summed E-state index contributed by atoms with van der Waals surface area (Å²) < 4.78 is 0. The number of hydrogen-bond donors (Lipinski definition) is 0. The molecule has 0 heterocycles. The third kappa shape index (κ3) is 15.2. The molecule has 0 amide bonds. The van der Waals surface area contributed by atoms with Crippen molar-refractivity contribution in [3.8, 4) is 0 Å². The predicted octanol–water partition coefficient (Wildman–Crippen LogP) is 9.06. The van der Waals surface area contributed by atoms with Crippen LogP contribution in [0.5, 0.6) is 0 Å². The standard InChI is InChI=1S/C24H53P/c1-5-9-12-15-17-20-24-25(21-8-4,22-18-14-11-7-3)23-19-16-13-10-6-2/h25H,5-24H2,1-4H3. The third-order valence-corrected chi connectivity index (χ3v) is 12.0. The molecule has 0 N–H and O–H groups in total. The van der Waals surface area contributed by atoms with Crippen molar-refractivity contribution in [2.45, 2.75) is 130 Å². The van der Waals surface area contributed by atoms with E-state index in [-0.39, 0.29) is 0 Å². The van der Waals surface area contributed by atoms with Gasteiger partial charge in [0.1, 0.15) is 0 Å². The molecule has 25 heavy (non-hydrogen) atoms. The normalized spacial score (nSPS) is 12.6. The Morgan fingerprint density at radius 1 is 0.320 bits per heavy atom. The molecule has 0 saturated carbocycles. The molecule has 0 aliphatic heterocycles. The van der Waals surface area contributed by atoms with Crippen molar-refractivity contribution in [2.24, 2.45) is 0 Å². The van der Waals surface area contributed by atoms with Crippen molar-refractivity contribution in [3.63, 3.8) is 0 Å². The fourth-order valence-corrected chi connectivity index (χ4v) is 10.2. The summed E-state index contributed by atoms with van der Waals surface area (Å²) >= 11 is 0. The molecule has 0 bridgehead atoms.